The fourth-order valence-electron chi connectivity index (χ4n) is 1.77. The summed E-state index contributed by atoms with van der Waals surface area (Å²) in [7, 11) is 4.23. The minimum Gasteiger partial charge on any atom is -0.313 e. The number of halogens is 1. The van der Waals surface area contributed by atoms with Crippen molar-refractivity contribution < 1.29 is 0 Å². The minimum atomic E-state index is 0. The highest BCUT2D eigenvalue weighted by atomic mass is 35.5. The van der Waals surface area contributed by atoms with Gasteiger partial charge in [0.2, 0.25) is 0 Å². The van der Waals surface area contributed by atoms with Crippen molar-refractivity contribution in [3.63, 3.8) is 0 Å². The molecule has 18 heavy (non-hydrogen) atoms. The summed E-state index contributed by atoms with van der Waals surface area (Å²) in [5, 5.41) is 3.48. The van der Waals surface area contributed by atoms with E-state index >= 15 is 0 Å². The number of hydrogen-bond donors (Lipinski definition) is 1. The molecular weight excluding hydrogens is 244 g/mol. The highest BCUT2D eigenvalue weighted by molar-refractivity contribution is 5.85. The molecule has 0 aliphatic rings. The van der Waals surface area contributed by atoms with E-state index in [1.54, 1.807) is 0 Å². The van der Waals surface area contributed by atoms with Gasteiger partial charge in [0.1, 0.15) is 0 Å². The SMILES string of the molecule is CC(C)c1ccc(CNCCCN(C)C)cc1.Cl. The van der Waals surface area contributed by atoms with E-state index in [9.17, 15) is 0 Å². The van der Waals surface area contributed by atoms with Gasteiger partial charge in [-0.05, 0) is 50.7 Å². The van der Waals surface area contributed by atoms with E-state index in [2.05, 4.69) is 62.4 Å². The molecule has 0 saturated carbocycles. The summed E-state index contributed by atoms with van der Waals surface area (Å²) in [5.41, 5.74) is 2.79. The number of rotatable bonds is 7. The van der Waals surface area contributed by atoms with Crippen LogP contribution in [0.15, 0.2) is 24.3 Å². The van der Waals surface area contributed by atoms with Gasteiger partial charge in [0.25, 0.3) is 0 Å². The van der Waals surface area contributed by atoms with Gasteiger partial charge < -0.3 is 10.2 Å². The lowest BCUT2D eigenvalue weighted by Gasteiger charge is -2.10. The normalized spacial score (nSPS) is 10.8. The third-order valence-corrected chi connectivity index (χ3v) is 2.93. The van der Waals surface area contributed by atoms with E-state index in [0.29, 0.717) is 5.92 Å². The van der Waals surface area contributed by atoms with Gasteiger partial charge in [0, 0.05) is 6.54 Å². The zero-order valence-corrected chi connectivity index (χ0v) is 12.9. The Morgan fingerprint density at radius 3 is 2.22 bits per heavy atom. The van der Waals surface area contributed by atoms with Crippen LogP contribution < -0.4 is 5.32 Å². The predicted molar refractivity (Wildman–Crippen MR) is 82.7 cm³/mol. The Balaban J connectivity index is 0.00000289. The monoisotopic (exact) mass is 270 g/mol. The first-order valence-corrected chi connectivity index (χ1v) is 6.54. The smallest absolute Gasteiger partial charge is 0.0205 e. The van der Waals surface area contributed by atoms with Crippen LogP contribution in [0.5, 0.6) is 0 Å². The maximum Gasteiger partial charge on any atom is 0.0205 e. The van der Waals surface area contributed by atoms with Crippen LogP contribution in [0.1, 0.15) is 37.3 Å². The second-order valence-electron chi connectivity index (χ2n) is 5.23. The summed E-state index contributed by atoms with van der Waals surface area (Å²) in [6.07, 6.45) is 1.21. The maximum absolute atomic E-state index is 3.48. The van der Waals surface area contributed by atoms with Crippen LogP contribution in [0.4, 0.5) is 0 Å². The van der Waals surface area contributed by atoms with Crippen molar-refractivity contribution in [1.29, 1.82) is 0 Å². The molecule has 0 radical (unpaired) electrons. The van der Waals surface area contributed by atoms with Crippen LogP contribution >= 0.6 is 12.4 Å². The molecule has 1 aromatic carbocycles. The molecular formula is C15H27ClN2. The van der Waals surface area contributed by atoms with Crippen LogP contribution in [-0.2, 0) is 6.54 Å². The van der Waals surface area contributed by atoms with E-state index < -0.39 is 0 Å². The molecule has 1 rings (SSSR count). The van der Waals surface area contributed by atoms with Crippen LogP contribution in [0.3, 0.4) is 0 Å². The Bertz CT molecular complexity index is 307. The molecule has 0 spiro atoms. The van der Waals surface area contributed by atoms with Gasteiger partial charge in [0.05, 0.1) is 0 Å². The molecule has 1 N–H and O–H groups in total. The minimum absolute atomic E-state index is 0. The van der Waals surface area contributed by atoms with Crippen molar-refractivity contribution in [2.24, 2.45) is 0 Å². The molecule has 0 aromatic heterocycles. The summed E-state index contributed by atoms with van der Waals surface area (Å²) in [6, 6.07) is 8.94. The van der Waals surface area contributed by atoms with E-state index in [1.165, 1.54) is 17.5 Å². The van der Waals surface area contributed by atoms with Crippen molar-refractivity contribution >= 4 is 12.4 Å². The average Bonchev–Trinajstić information content (AvgIpc) is 2.29. The van der Waals surface area contributed by atoms with Gasteiger partial charge in [-0.15, -0.1) is 12.4 Å². The molecule has 0 amide bonds. The molecule has 0 unspecified atom stereocenters. The Morgan fingerprint density at radius 1 is 1.11 bits per heavy atom. The second-order valence-corrected chi connectivity index (χ2v) is 5.23. The lowest BCUT2D eigenvalue weighted by atomic mass is 10.0. The molecule has 0 aliphatic heterocycles. The van der Waals surface area contributed by atoms with Gasteiger partial charge in [-0.25, -0.2) is 0 Å². The molecule has 2 nitrogen and oxygen atoms in total. The largest absolute Gasteiger partial charge is 0.313 e. The highest BCUT2D eigenvalue weighted by Gasteiger charge is 1.98. The van der Waals surface area contributed by atoms with Gasteiger partial charge in [-0.2, -0.15) is 0 Å². The Kier molecular flexibility index (Phi) is 9.08. The molecule has 1 aromatic rings. The molecule has 0 heterocycles. The number of benzene rings is 1. The molecule has 104 valence electrons. The van der Waals surface area contributed by atoms with E-state index in [-0.39, 0.29) is 12.4 Å². The first-order valence-electron chi connectivity index (χ1n) is 6.54. The number of hydrogen-bond acceptors (Lipinski definition) is 2. The van der Waals surface area contributed by atoms with E-state index in [0.717, 1.165) is 19.6 Å². The van der Waals surface area contributed by atoms with Gasteiger partial charge in [0.15, 0.2) is 0 Å². The Labute approximate surface area is 118 Å². The topological polar surface area (TPSA) is 15.3 Å². The van der Waals surface area contributed by atoms with Crippen molar-refractivity contribution in [1.82, 2.24) is 10.2 Å². The fourth-order valence-corrected chi connectivity index (χ4v) is 1.77. The van der Waals surface area contributed by atoms with E-state index in [4.69, 9.17) is 0 Å². The van der Waals surface area contributed by atoms with Gasteiger partial charge in [-0.1, -0.05) is 38.1 Å². The van der Waals surface area contributed by atoms with Crippen molar-refractivity contribution in [3.05, 3.63) is 35.4 Å². The fraction of sp³-hybridized carbons (Fsp3) is 0.600. The maximum atomic E-state index is 3.48. The summed E-state index contributed by atoms with van der Waals surface area (Å²) in [4.78, 5) is 2.22. The van der Waals surface area contributed by atoms with Gasteiger partial charge >= 0.3 is 0 Å². The molecule has 0 saturated heterocycles. The summed E-state index contributed by atoms with van der Waals surface area (Å²) in [6.45, 7) is 7.68. The third kappa shape index (κ3) is 7.00. The standard InChI is InChI=1S/C15H26N2.ClH/c1-13(2)15-8-6-14(7-9-15)12-16-10-5-11-17(3)4;/h6-9,13,16H,5,10-12H2,1-4H3;1H. The zero-order valence-electron chi connectivity index (χ0n) is 12.1. The summed E-state index contributed by atoms with van der Waals surface area (Å²) >= 11 is 0. The van der Waals surface area contributed by atoms with Crippen molar-refractivity contribution in [3.8, 4) is 0 Å². The van der Waals surface area contributed by atoms with Crippen LogP contribution in [0, 0.1) is 0 Å². The molecule has 0 fully saturated rings. The summed E-state index contributed by atoms with van der Waals surface area (Å²) < 4.78 is 0. The van der Waals surface area contributed by atoms with Crippen LogP contribution in [0.25, 0.3) is 0 Å². The second kappa shape index (κ2) is 9.37. The van der Waals surface area contributed by atoms with Crippen LogP contribution in [-0.4, -0.2) is 32.1 Å². The Morgan fingerprint density at radius 2 is 1.72 bits per heavy atom. The quantitative estimate of drug-likeness (QED) is 0.765. The summed E-state index contributed by atoms with van der Waals surface area (Å²) in [5.74, 6) is 0.622. The molecule has 0 atom stereocenters. The first-order chi connectivity index (χ1) is 8.09. The van der Waals surface area contributed by atoms with Crippen molar-refractivity contribution in [2.75, 3.05) is 27.2 Å². The molecule has 0 bridgehead atoms. The average molecular weight is 271 g/mol. The highest BCUT2D eigenvalue weighted by Crippen LogP contribution is 2.14. The first kappa shape index (κ1) is 17.4. The molecule has 0 aliphatic carbocycles. The van der Waals surface area contributed by atoms with E-state index in [1.807, 2.05) is 0 Å². The van der Waals surface area contributed by atoms with Crippen LogP contribution in [0.2, 0.25) is 0 Å². The number of nitrogens with zero attached hydrogens (tertiary/aromatic N) is 1. The van der Waals surface area contributed by atoms with Crippen molar-refractivity contribution in [2.45, 2.75) is 32.7 Å². The Hall–Kier alpha value is -0.570. The third-order valence-electron chi connectivity index (χ3n) is 2.93. The lowest BCUT2D eigenvalue weighted by molar-refractivity contribution is 0.394. The predicted octanol–water partition coefficient (Wildman–Crippen LogP) is 3.27. The number of nitrogens with one attached hydrogen (secondary N) is 1. The zero-order chi connectivity index (χ0) is 12.7. The van der Waals surface area contributed by atoms with Gasteiger partial charge in [-0.3, -0.25) is 0 Å². The lowest BCUT2D eigenvalue weighted by Crippen LogP contribution is -2.20. The molecule has 3 heteroatoms.